The van der Waals surface area contributed by atoms with Crippen LogP contribution in [0.2, 0.25) is 0 Å². The highest BCUT2D eigenvalue weighted by molar-refractivity contribution is 5.14. The number of nitrogens with zero attached hydrogens (tertiary/aromatic N) is 1. The second-order valence-corrected chi connectivity index (χ2v) is 4.98. The fourth-order valence-corrected chi connectivity index (χ4v) is 2.38. The minimum Gasteiger partial charge on any atom is -0.354 e. The molecule has 1 aromatic rings. The standard InChI is InChI=1S/C15H25NO2/c1-12(2)14(15(17-4)18-5)16(3)11-13-9-7-6-8-10-13/h6-10,12,14-15H,11H2,1-5H3. The van der Waals surface area contributed by atoms with Gasteiger partial charge in [0.15, 0.2) is 6.29 Å². The molecule has 0 bridgehead atoms. The maximum atomic E-state index is 5.42. The van der Waals surface area contributed by atoms with E-state index in [9.17, 15) is 0 Å². The van der Waals surface area contributed by atoms with Crippen LogP contribution in [-0.2, 0) is 16.0 Å². The molecule has 3 nitrogen and oxygen atoms in total. The van der Waals surface area contributed by atoms with E-state index in [1.165, 1.54) is 5.56 Å². The highest BCUT2D eigenvalue weighted by Gasteiger charge is 2.28. The van der Waals surface area contributed by atoms with Crippen molar-refractivity contribution in [2.75, 3.05) is 21.3 Å². The lowest BCUT2D eigenvalue weighted by Crippen LogP contribution is -2.46. The molecule has 0 aliphatic rings. The number of hydrogen-bond donors (Lipinski definition) is 0. The van der Waals surface area contributed by atoms with E-state index in [1.807, 2.05) is 6.07 Å². The molecule has 0 spiro atoms. The average molecular weight is 251 g/mol. The molecular formula is C15H25NO2. The molecule has 0 N–H and O–H groups in total. The zero-order valence-corrected chi connectivity index (χ0v) is 12.1. The first-order chi connectivity index (χ1) is 8.60. The largest absolute Gasteiger partial charge is 0.354 e. The summed E-state index contributed by atoms with van der Waals surface area (Å²) < 4.78 is 10.8. The molecule has 0 aliphatic heterocycles. The van der Waals surface area contributed by atoms with Gasteiger partial charge >= 0.3 is 0 Å². The van der Waals surface area contributed by atoms with Crippen LogP contribution in [0.1, 0.15) is 19.4 Å². The monoisotopic (exact) mass is 251 g/mol. The number of rotatable bonds is 7. The lowest BCUT2D eigenvalue weighted by Gasteiger charge is -2.35. The molecule has 0 aliphatic carbocycles. The van der Waals surface area contributed by atoms with Gasteiger partial charge in [0, 0.05) is 20.8 Å². The summed E-state index contributed by atoms with van der Waals surface area (Å²) in [6.45, 7) is 5.28. The van der Waals surface area contributed by atoms with Crippen LogP contribution in [-0.4, -0.2) is 38.5 Å². The second-order valence-electron chi connectivity index (χ2n) is 4.98. The van der Waals surface area contributed by atoms with Crippen LogP contribution in [0.15, 0.2) is 30.3 Å². The van der Waals surface area contributed by atoms with Crippen LogP contribution in [0.3, 0.4) is 0 Å². The second kappa shape index (κ2) is 7.52. The molecule has 1 rings (SSSR count). The maximum absolute atomic E-state index is 5.42. The molecular weight excluding hydrogens is 226 g/mol. The molecule has 0 radical (unpaired) electrons. The van der Waals surface area contributed by atoms with Crippen LogP contribution in [0, 0.1) is 5.92 Å². The number of benzene rings is 1. The Morgan fingerprint density at radius 2 is 1.61 bits per heavy atom. The van der Waals surface area contributed by atoms with E-state index in [0.29, 0.717) is 5.92 Å². The molecule has 1 atom stereocenters. The first kappa shape index (κ1) is 15.2. The first-order valence-electron chi connectivity index (χ1n) is 6.40. The Morgan fingerprint density at radius 3 is 2.06 bits per heavy atom. The lowest BCUT2D eigenvalue weighted by atomic mass is 10.0. The number of likely N-dealkylation sites (N-methyl/N-ethyl adjacent to an activating group) is 1. The van der Waals surface area contributed by atoms with Crippen LogP contribution in [0.4, 0.5) is 0 Å². The molecule has 1 unspecified atom stereocenters. The van der Waals surface area contributed by atoms with Crippen molar-refractivity contribution in [1.82, 2.24) is 4.90 Å². The minimum absolute atomic E-state index is 0.196. The zero-order valence-electron chi connectivity index (χ0n) is 12.1. The van der Waals surface area contributed by atoms with Gasteiger partial charge in [-0.05, 0) is 18.5 Å². The van der Waals surface area contributed by atoms with Crippen molar-refractivity contribution in [2.45, 2.75) is 32.7 Å². The molecule has 3 heteroatoms. The summed E-state index contributed by atoms with van der Waals surface area (Å²) in [5.74, 6) is 0.462. The Kier molecular flexibility index (Phi) is 6.33. The highest BCUT2D eigenvalue weighted by atomic mass is 16.7. The third kappa shape index (κ3) is 4.09. The van der Waals surface area contributed by atoms with Gasteiger partial charge in [-0.25, -0.2) is 0 Å². The summed E-state index contributed by atoms with van der Waals surface area (Å²) in [5, 5.41) is 0. The lowest BCUT2D eigenvalue weighted by molar-refractivity contribution is -0.154. The third-order valence-corrected chi connectivity index (χ3v) is 3.21. The summed E-state index contributed by atoms with van der Waals surface area (Å²) in [7, 11) is 5.50. The summed E-state index contributed by atoms with van der Waals surface area (Å²) in [5.41, 5.74) is 1.30. The smallest absolute Gasteiger partial charge is 0.172 e. The average Bonchev–Trinajstić information content (AvgIpc) is 2.36. The van der Waals surface area contributed by atoms with Crippen molar-refractivity contribution in [2.24, 2.45) is 5.92 Å². The summed E-state index contributed by atoms with van der Waals surface area (Å²) in [6.07, 6.45) is -0.196. The van der Waals surface area contributed by atoms with E-state index >= 15 is 0 Å². The normalized spacial score (nSPS) is 13.6. The van der Waals surface area contributed by atoms with Crippen molar-refractivity contribution in [1.29, 1.82) is 0 Å². The predicted octanol–water partition coefficient (Wildman–Crippen LogP) is 2.76. The minimum atomic E-state index is -0.196. The van der Waals surface area contributed by atoms with Crippen molar-refractivity contribution in [3.05, 3.63) is 35.9 Å². The Balaban J connectivity index is 2.74. The number of methoxy groups -OCH3 is 2. The van der Waals surface area contributed by atoms with Gasteiger partial charge in [-0.1, -0.05) is 44.2 Å². The molecule has 1 aromatic carbocycles. The fraction of sp³-hybridized carbons (Fsp3) is 0.600. The zero-order chi connectivity index (χ0) is 13.5. The summed E-state index contributed by atoms with van der Waals surface area (Å²) in [6, 6.07) is 10.7. The van der Waals surface area contributed by atoms with Crippen LogP contribution < -0.4 is 0 Å². The van der Waals surface area contributed by atoms with E-state index in [2.05, 4.69) is 50.1 Å². The van der Waals surface area contributed by atoms with Gasteiger partial charge < -0.3 is 9.47 Å². The maximum Gasteiger partial charge on any atom is 0.172 e. The number of hydrogen-bond acceptors (Lipinski definition) is 3. The van der Waals surface area contributed by atoms with Gasteiger partial charge in [0.05, 0.1) is 6.04 Å². The Morgan fingerprint density at radius 1 is 1.06 bits per heavy atom. The van der Waals surface area contributed by atoms with Crippen molar-refractivity contribution in [3.8, 4) is 0 Å². The Bertz CT molecular complexity index is 323. The fourth-order valence-electron chi connectivity index (χ4n) is 2.38. The van der Waals surface area contributed by atoms with Gasteiger partial charge in [-0.3, -0.25) is 4.90 Å². The van der Waals surface area contributed by atoms with Gasteiger partial charge in [-0.15, -0.1) is 0 Å². The SMILES string of the molecule is COC(OC)C(C(C)C)N(C)Cc1ccccc1. The molecule has 18 heavy (non-hydrogen) atoms. The Hall–Kier alpha value is -0.900. The van der Waals surface area contributed by atoms with E-state index < -0.39 is 0 Å². The van der Waals surface area contributed by atoms with Gasteiger partial charge in [-0.2, -0.15) is 0 Å². The topological polar surface area (TPSA) is 21.7 Å². The van der Waals surface area contributed by atoms with Gasteiger partial charge in [0.25, 0.3) is 0 Å². The molecule has 0 heterocycles. The molecule has 0 saturated heterocycles. The molecule has 0 saturated carbocycles. The van der Waals surface area contributed by atoms with Gasteiger partial charge in [0.2, 0.25) is 0 Å². The van der Waals surface area contributed by atoms with E-state index in [4.69, 9.17) is 9.47 Å². The van der Waals surface area contributed by atoms with E-state index in [1.54, 1.807) is 14.2 Å². The first-order valence-corrected chi connectivity index (χ1v) is 6.40. The van der Waals surface area contributed by atoms with Crippen LogP contribution in [0.25, 0.3) is 0 Å². The third-order valence-electron chi connectivity index (χ3n) is 3.21. The van der Waals surface area contributed by atoms with Crippen molar-refractivity contribution >= 4 is 0 Å². The summed E-state index contributed by atoms with van der Waals surface area (Å²) in [4.78, 5) is 2.29. The summed E-state index contributed by atoms with van der Waals surface area (Å²) >= 11 is 0. The van der Waals surface area contributed by atoms with E-state index in [0.717, 1.165) is 6.54 Å². The van der Waals surface area contributed by atoms with Crippen molar-refractivity contribution < 1.29 is 9.47 Å². The predicted molar refractivity (Wildman–Crippen MR) is 74.3 cm³/mol. The van der Waals surface area contributed by atoms with E-state index in [-0.39, 0.29) is 12.3 Å². The Labute approximate surface area is 111 Å². The molecule has 0 aromatic heterocycles. The van der Waals surface area contributed by atoms with Gasteiger partial charge in [0.1, 0.15) is 0 Å². The highest BCUT2D eigenvalue weighted by Crippen LogP contribution is 2.18. The number of ether oxygens (including phenoxy) is 2. The molecule has 102 valence electrons. The van der Waals surface area contributed by atoms with Crippen LogP contribution in [0.5, 0.6) is 0 Å². The van der Waals surface area contributed by atoms with Crippen molar-refractivity contribution in [3.63, 3.8) is 0 Å². The van der Waals surface area contributed by atoms with Crippen LogP contribution >= 0.6 is 0 Å². The quantitative estimate of drug-likeness (QED) is 0.696. The molecule has 0 amide bonds. The molecule has 0 fully saturated rings.